The Hall–Kier alpha value is -2.16. The minimum atomic E-state index is -3.57. The maximum Gasteiger partial charge on any atom is 0.243 e. The summed E-state index contributed by atoms with van der Waals surface area (Å²) in [7, 11) is -0.680. The molecule has 2 aromatic carbocycles. The molecule has 0 atom stereocenters. The van der Waals surface area contributed by atoms with Gasteiger partial charge in [-0.3, -0.25) is 4.79 Å². The number of carbonyl (C=O) groups excluding carboxylic acids is 1. The van der Waals surface area contributed by atoms with E-state index in [0.29, 0.717) is 11.4 Å². The van der Waals surface area contributed by atoms with E-state index in [0.717, 1.165) is 15.9 Å². The molecule has 0 radical (unpaired) electrons. The van der Waals surface area contributed by atoms with E-state index >= 15 is 0 Å². The molecule has 2 aromatic rings. The highest BCUT2D eigenvalue weighted by molar-refractivity contribution is 7.89. The van der Waals surface area contributed by atoms with Gasteiger partial charge < -0.3 is 10.6 Å². The zero-order chi connectivity index (χ0) is 19.5. The molecule has 0 unspecified atom stereocenters. The Balaban J connectivity index is 2.10. The van der Waals surface area contributed by atoms with Gasteiger partial charge in [0.05, 0.1) is 22.2 Å². The van der Waals surface area contributed by atoms with Crippen molar-refractivity contribution in [3.63, 3.8) is 0 Å². The predicted molar refractivity (Wildman–Crippen MR) is 101 cm³/mol. The van der Waals surface area contributed by atoms with Gasteiger partial charge >= 0.3 is 0 Å². The Labute approximate surface area is 157 Å². The lowest BCUT2D eigenvalue weighted by atomic mass is 10.2. The van der Waals surface area contributed by atoms with Gasteiger partial charge in [0.25, 0.3) is 0 Å². The average Bonchev–Trinajstić information content (AvgIpc) is 2.56. The van der Waals surface area contributed by atoms with Crippen LogP contribution < -0.4 is 10.6 Å². The van der Waals surface area contributed by atoms with E-state index in [-0.39, 0.29) is 16.5 Å². The van der Waals surface area contributed by atoms with Gasteiger partial charge in [0.15, 0.2) is 0 Å². The van der Waals surface area contributed by atoms with Crippen molar-refractivity contribution in [1.82, 2.24) is 4.31 Å². The highest BCUT2D eigenvalue weighted by Gasteiger charge is 2.18. The second kappa shape index (κ2) is 8.03. The maximum absolute atomic E-state index is 13.0. The zero-order valence-corrected chi connectivity index (χ0v) is 16.1. The van der Waals surface area contributed by atoms with Crippen molar-refractivity contribution in [3.8, 4) is 0 Å². The number of halogens is 2. The van der Waals surface area contributed by atoms with Crippen LogP contribution in [-0.2, 0) is 14.8 Å². The zero-order valence-electron chi connectivity index (χ0n) is 14.5. The van der Waals surface area contributed by atoms with Gasteiger partial charge in [-0.1, -0.05) is 17.7 Å². The molecule has 0 bridgehead atoms. The van der Waals surface area contributed by atoms with E-state index in [1.165, 1.54) is 38.4 Å². The second-order valence-corrected chi connectivity index (χ2v) is 8.35. The van der Waals surface area contributed by atoms with Gasteiger partial charge in [-0.25, -0.2) is 17.1 Å². The molecule has 0 aliphatic heterocycles. The van der Waals surface area contributed by atoms with Crippen molar-refractivity contribution < 1.29 is 17.6 Å². The second-order valence-electron chi connectivity index (χ2n) is 5.79. The van der Waals surface area contributed by atoms with E-state index in [1.54, 1.807) is 13.0 Å². The van der Waals surface area contributed by atoms with Crippen LogP contribution in [0.15, 0.2) is 41.3 Å². The standard InChI is InChI=1S/C17H19ClFN3O3S/c1-11-4-6-13(26(24,25)22(2)3)9-16(11)20-10-17(23)21-15-7-5-12(19)8-14(15)18/h4-9,20H,10H2,1-3H3,(H,21,23). The molecular formula is C17H19ClFN3O3S. The van der Waals surface area contributed by atoms with Crippen LogP contribution >= 0.6 is 11.6 Å². The van der Waals surface area contributed by atoms with Crippen LogP contribution in [0.1, 0.15) is 5.56 Å². The van der Waals surface area contributed by atoms with E-state index in [2.05, 4.69) is 10.6 Å². The monoisotopic (exact) mass is 399 g/mol. The molecule has 0 heterocycles. The number of hydrogen-bond donors (Lipinski definition) is 2. The molecular weight excluding hydrogens is 381 g/mol. The summed E-state index contributed by atoms with van der Waals surface area (Å²) in [6, 6.07) is 8.30. The highest BCUT2D eigenvalue weighted by atomic mass is 35.5. The number of aryl methyl sites for hydroxylation is 1. The average molecular weight is 400 g/mol. The number of nitrogens with zero attached hydrogens (tertiary/aromatic N) is 1. The van der Waals surface area contributed by atoms with Gasteiger partial charge in [-0.2, -0.15) is 0 Å². The molecule has 0 spiro atoms. The Morgan fingerprint density at radius 1 is 1.15 bits per heavy atom. The Bertz CT molecular complexity index is 933. The molecule has 140 valence electrons. The lowest BCUT2D eigenvalue weighted by molar-refractivity contribution is -0.114. The molecule has 6 nitrogen and oxygen atoms in total. The third kappa shape index (κ3) is 4.72. The minimum Gasteiger partial charge on any atom is -0.376 e. The summed E-state index contributed by atoms with van der Waals surface area (Å²) in [5, 5.41) is 5.56. The number of carbonyl (C=O) groups is 1. The summed E-state index contributed by atoms with van der Waals surface area (Å²) >= 11 is 5.87. The van der Waals surface area contributed by atoms with Crippen LogP contribution in [0.4, 0.5) is 15.8 Å². The molecule has 0 aliphatic carbocycles. The molecule has 0 fully saturated rings. The summed E-state index contributed by atoms with van der Waals surface area (Å²) in [4.78, 5) is 12.2. The Kier molecular flexibility index (Phi) is 6.22. The number of nitrogens with one attached hydrogen (secondary N) is 2. The quantitative estimate of drug-likeness (QED) is 0.782. The van der Waals surface area contributed by atoms with Gasteiger partial charge in [0.2, 0.25) is 15.9 Å². The molecule has 9 heteroatoms. The SMILES string of the molecule is Cc1ccc(S(=O)(=O)N(C)C)cc1NCC(=O)Nc1ccc(F)cc1Cl. The molecule has 1 amide bonds. The van der Waals surface area contributed by atoms with E-state index in [1.807, 2.05) is 0 Å². The number of amides is 1. The van der Waals surface area contributed by atoms with Crippen molar-refractivity contribution in [2.75, 3.05) is 31.3 Å². The van der Waals surface area contributed by atoms with Crippen molar-refractivity contribution in [3.05, 3.63) is 52.8 Å². The molecule has 0 saturated heterocycles. The molecule has 0 aromatic heterocycles. The number of hydrogen-bond acceptors (Lipinski definition) is 4. The van der Waals surface area contributed by atoms with E-state index in [4.69, 9.17) is 11.6 Å². The van der Waals surface area contributed by atoms with Crippen LogP contribution in [0, 0.1) is 12.7 Å². The lowest BCUT2D eigenvalue weighted by Crippen LogP contribution is -2.24. The van der Waals surface area contributed by atoms with Gasteiger partial charge in [-0.05, 0) is 42.8 Å². The lowest BCUT2D eigenvalue weighted by Gasteiger charge is -2.15. The van der Waals surface area contributed by atoms with Crippen molar-refractivity contribution in [2.45, 2.75) is 11.8 Å². The molecule has 0 aliphatic rings. The summed E-state index contributed by atoms with van der Waals surface area (Å²) in [5.41, 5.74) is 1.60. The molecule has 26 heavy (non-hydrogen) atoms. The first-order chi connectivity index (χ1) is 12.1. The van der Waals surface area contributed by atoms with Crippen LogP contribution in [0.25, 0.3) is 0 Å². The normalized spacial score (nSPS) is 11.5. The first-order valence-electron chi connectivity index (χ1n) is 7.63. The highest BCUT2D eigenvalue weighted by Crippen LogP contribution is 2.23. The van der Waals surface area contributed by atoms with Crippen LogP contribution in [0.2, 0.25) is 5.02 Å². The van der Waals surface area contributed by atoms with Crippen molar-refractivity contribution in [2.24, 2.45) is 0 Å². The van der Waals surface area contributed by atoms with Gasteiger partial charge in [0, 0.05) is 19.8 Å². The van der Waals surface area contributed by atoms with Crippen molar-refractivity contribution in [1.29, 1.82) is 0 Å². The molecule has 0 saturated carbocycles. The summed E-state index contributed by atoms with van der Waals surface area (Å²) in [6.07, 6.45) is 0. The maximum atomic E-state index is 13.0. The Morgan fingerprint density at radius 2 is 1.85 bits per heavy atom. The number of benzene rings is 2. The topological polar surface area (TPSA) is 78.5 Å². The first-order valence-corrected chi connectivity index (χ1v) is 9.45. The number of sulfonamides is 1. The summed E-state index contributed by atoms with van der Waals surface area (Å²) in [5.74, 6) is -0.903. The fourth-order valence-corrected chi connectivity index (χ4v) is 3.27. The fourth-order valence-electron chi connectivity index (χ4n) is 2.12. The number of anilines is 2. The van der Waals surface area contributed by atoms with Crippen LogP contribution in [0.3, 0.4) is 0 Å². The van der Waals surface area contributed by atoms with E-state index in [9.17, 15) is 17.6 Å². The summed E-state index contributed by atoms with van der Waals surface area (Å²) < 4.78 is 38.6. The van der Waals surface area contributed by atoms with Crippen LogP contribution in [-0.4, -0.2) is 39.3 Å². The largest absolute Gasteiger partial charge is 0.376 e. The number of rotatable bonds is 6. The van der Waals surface area contributed by atoms with Crippen molar-refractivity contribution >= 4 is 38.9 Å². The molecule has 2 rings (SSSR count). The van der Waals surface area contributed by atoms with Crippen LogP contribution in [0.5, 0.6) is 0 Å². The molecule has 2 N–H and O–H groups in total. The van der Waals surface area contributed by atoms with E-state index < -0.39 is 21.7 Å². The minimum absolute atomic E-state index is 0.0913. The fraction of sp³-hybridized carbons (Fsp3) is 0.235. The van der Waals surface area contributed by atoms with Gasteiger partial charge in [-0.15, -0.1) is 0 Å². The Morgan fingerprint density at radius 3 is 2.46 bits per heavy atom. The first kappa shape index (κ1) is 20.2. The summed E-state index contributed by atoms with van der Waals surface area (Å²) in [6.45, 7) is 1.68. The van der Waals surface area contributed by atoms with Gasteiger partial charge in [0.1, 0.15) is 5.82 Å². The smallest absolute Gasteiger partial charge is 0.243 e. The third-order valence-electron chi connectivity index (χ3n) is 3.63. The predicted octanol–water partition coefficient (Wildman–Crippen LogP) is 3.09. The third-order valence-corrected chi connectivity index (χ3v) is 5.76.